The number of ketones is 1. The van der Waals surface area contributed by atoms with Crippen LogP contribution in [0.5, 0.6) is 5.75 Å². The molecule has 0 atom stereocenters. The molecule has 11 nitrogen and oxygen atoms in total. The van der Waals surface area contributed by atoms with Crippen molar-refractivity contribution in [3.8, 4) is 5.75 Å². The van der Waals surface area contributed by atoms with Crippen LogP contribution in [0.3, 0.4) is 0 Å². The summed E-state index contributed by atoms with van der Waals surface area (Å²) < 4.78 is 6.58. The number of fused-ring (bicyclic) bond motifs is 1. The summed E-state index contributed by atoms with van der Waals surface area (Å²) >= 11 is 0. The molecule has 0 saturated carbocycles. The molecular formula is C22H27N7O4. The third-order valence-corrected chi connectivity index (χ3v) is 6.07. The summed E-state index contributed by atoms with van der Waals surface area (Å²) in [5.41, 5.74) is 0.863. The molecule has 0 radical (unpaired) electrons. The number of benzene rings is 1. The quantitative estimate of drug-likeness (QED) is 0.525. The number of piperidine rings is 1. The first-order valence-corrected chi connectivity index (χ1v) is 10.8. The summed E-state index contributed by atoms with van der Waals surface area (Å²) in [6, 6.07) is 7.14. The summed E-state index contributed by atoms with van der Waals surface area (Å²) in [4.78, 5) is 48.3. The van der Waals surface area contributed by atoms with E-state index in [9.17, 15) is 14.4 Å². The molecule has 1 aromatic carbocycles. The number of ether oxygens (including phenoxy) is 1. The van der Waals surface area contributed by atoms with E-state index >= 15 is 0 Å². The van der Waals surface area contributed by atoms with Crippen molar-refractivity contribution in [3.63, 3.8) is 0 Å². The highest BCUT2D eigenvalue weighted by Gasteiger charge is 2.28. The molecule has 1 amide bonds. The first-order chi connectivity index (χ1) is 15.9. The molecule has 0 unspecified atom stereocenters. The van der Waals surface area contributed by atoms with E-state index in [1.807, 2.05) is 0 Å². The van der Waals surface area contributed by atoms with Gasteiger partial charge in [-0.1, -0.05) is 5.21 Å². The molecule has 0 aliphatic carbocycles. The summed E-state index contributed by atoms with van der Waals surface area (Å²) in [6.45, 7) is 1.50. The number of aromatic amines is 1. The van der Waals surface area contributed by atoms with E-state index in [2.05, 4.69) is 20.3 Å². The van der Waals surface area contributed by atoms with E-state index in [0.717, 1.165) is 0 Å². The van der Waals surface area contributed by atoms with E-state index in [0.29, 0.717) is 55.4 Å². The lowest BCUT2D eigenvalue weighted by atomic mass is 9.89. The predicted molar refractivity (Wildman–Crippen MR) is 121 cm³/mol. The van der Waals surface area contributed by atoms with Gasteiger partial charge in [-0.2, -0.15) is 4.98 Å². The molecule has 2 aromatic heterocycles. The number of aryl methyl sites for hydroxylation is 1. The predicted octanol–water partition coefficient (Wildman–Crippen LogP) is 1.01. The first kappa shape index (κ1) is 22.4. The molecule has 1 aliphatic heterocycles. The van der Waals surface area contributed by atoms with Crippen molar-refractivity contribution in [1.82, 2.24) is 29.9 Å². The summed E-state index contributed by atoms with van der Waals surface area (Å²) in [5, 5.41) is 7.61. The molecule has 3 aromatic rings. The molecule has 0 bridgehead atoms. The van der Waals surface area contributed by atoms with Crippen LogP contribution >= 0.6 is 0 Å². The van der Waals surface area contributed by atoms with Crippen LogP contribution in [-0.4, -0.2) is 75.3 Å². The zero-order chi connectivity index (χ0) is 23.5. The van der Waals surface area contributed by atoms with Crippen LogP contribution in [0.25, 0.3) is 11.2 Å². The lowest BCUT2D eigenvalue weighted by Crippen LogP contribution is -2.41. The number of amides is 1. The lowest BCUT2D eigenvalue weighted by molar-refractivity contribution is -0.132. The van der Waals surface area contributed by atoms with E-state index in [1.165, 1.54) is 4.68 Å². The third kappa shape index (κ3) is 4.71. The number of carbonyl (C=O) groups is 2. The van der Waals surface area contributed by atoms with Crippen molar-refractivity contribution in [2.45, 2.75) is 19.3 Å². The Balaban J connectivity index is 1.29. The molecule has 1 saturated heterocycles. The number of nitrogens with one attached hydrogen (secondary N) is 1. The average Bonchev–Trinajstić information content (AvgIpc) is 3.23. The van der Waals surface area contributed by atoms with Gasteiger partial charge in [0.2, 0.25) is 11.9 Å². The van der Waals surface area contributed by atoms with Crippen LogP contribution in [0.15, 0.2) is 29.1 Å². The minimum atomic E-state index is -0.370. The Kier molecular flexibility index (Phi) is 6.38. The molecule has 1 fully saturated rings. The molecule has 11 heteroatoms. The lowest BCUT2D eigenvalue weighted by Gasteiger charge is -2.32. The fourth-order valence-corrected chi connectivity index (χ4v) is 4.00. The average molecular weight is 454 g/mol. The van der Waals surface area contributed by atoms with E-state index in [1.54, 1.807) is 55.3 Å². The number of anilines is 1. The Hall–Kier alpha value is -3.76. The van der Waals surface area contributed by atoms with Crippen molar-refractivity contribution in [1.29, 1.82) is 0 Å². The number of methoxy groups -OCH3 is 1. The minimum absolute atomic E-state index is 0.0165. The monoisotopic (exact) mass is 453 g/mol. The van der Waals surface area contributed by atoms with E-state index in [4.69, 9.17) is 4.74 Å². The Morgan fingerprint density at radius 2 is 1.91 bits per heavy atom. The zero-order valence-corrected chi connectivity index (χ0v) is 18.9. The number of hydrogen-bond acceptors (Lipinski definition) is 8. The van der Waals surface area contributed by atoms with Gasteiger partial charge in [-0.15, -0.1) is 5.10 Å². The van der Waals surface area contributed by atoms with Gasteiger partial charge < -0.3 is 14.5 Å². The summed E-state index contributed by atoms with van der Waals surface area (Å²) in [5.74, 6) is 1.11. The van der Waals surface area contributed by atoms with Crippen molar-refractivity contribution >= 4 is 28.8 Å². The number of H-pyrrole nitrogens is 1. The highest BCUT2D eigenvalue weighted by molar-refractivity contribution is 5.98. The molecular weight excluding hydrogens is 426 g/mol. The Morgan fingerprint density at radius 3 is 2.58 bits per heavy atom. The van der Waals surface area contributed by atoms with Gasteiger partial charge in [-0.3, -0.25) is 19.4 Å². The molecule has 174 valence electrons. The fraction of sp³-hybridized carbons (Fsp3) is 0.455. The number of hydrogen-bond donors (Lipinski definition) is 1. The third-order valence-electron chi connectivity index (χ3n) is 6.07. The number of rotatable bonds is 7. The van der Waals surface area contributed by atoms with Crippen molar-refractivity contribution in [3.05, 3.63) is 40.2 Å². The largest absolute Gasteiger partial charge is 0.497 e. The van der Waals surface area contributed by atoms with Crippen molar-refractivity contribution in [2.75, 3.05) is 38.7 Å². The number of likely N-dealkylation sites (tertiary alicyclic amines) is 1. The molecule has 3 heterocycles. The van der Waals surface area contributed by atoms with Gasteiger partial charge in [0, 0.05) is 51.6 Å². The maximum absolute atomic E-state index is 12.8. The maximum Gasteiger partial charge on any atom is 0.282 e. The second-order valence-corrected chi connectivity index (χ2v) is 8.19. The van der Waals surface area contributed by atoms with Gasteiger partial charge >= 0.3 is 0 Å². The fourth-order valence-electron chi connectivity index (χ4n) is 4.00. The molecule has 33 heavy (non-hydrogen) atoms. The number of nitrogens with zero attached hydrogens (tertiary/aromatic N) is 6. The van der Waals surface area contributed by atoms with Gasteiger partial charge in [0.1, 0.15) is 5.75 Å². The highest BCUT2D eigenvalue weighted by atomic mass is 16.5. The van der Waals surface area contributed by atoms with Gasteiger partial charge in [-0.05, 0) is 37.1 Å². The molecule has 1 aliphatic rings. The van der Waals surface area contributed by atoms with Gasteiger partial charge in [0.25, 0.3) is 5.56 Å². The van der Waals surface area contributed by atoms with Crippen molar-refractivity contribution < 1.29 is 14.3 Å². The van der Waals surface area contributed by atoms with E-state index in [-0.39, 0.29) is 35.1 Å². The van der Waals surface area contributed by atoms with Crippen LogP contribution in [0.1, 0.15) is 29.6 Å². The SMILES string of the molecule is COc1ccc(C(=O)C2CCN(C(=O)CCN(C)c3nc4c(nnn4C)c(=O)[nH]3)CC2)cc1. The van der Waals surface area contributed by atoms with Crippen LogP contribution < -0.4 is 15.2 Å². The number of Topliss-reactive ketones (excluding diaryl/α,β-unsaturated/α-hetero) is 1. The van der Waals surface area contributed by atoms with Crippen LogP contribution in [0, 0.1) is 5.92 Å². The maximum atomic E-state index is 12.8. The first-order valence-electron chi connectivity index (χ1n) is 10.8. The zero-order valence-electron chi connectivity index (χ0n) is 18.9. The number of aromatic nitrogens is 5. The Morgan fingerprint density at radius 1 is 1.21 bits per heavy atom. The summed E-state index contributed by atoms with van der Waals surface area (Å²) in [7, 11) is 5.02. The number of carbonyl (C=O) groups excluding carboxylic acids is 2. The van der Waals surface area contributed by atoms with Crippen LogP contribution in [0.4, 0.5) is 5.95 Å². The van der Waals surface area contributed by atoms with Gasteiger partial charge in [-0.25, -0.2) is 4.68 Å². The van der Waals surface area contributed by atoms with E-state index < -0.39 is 0 Å². The Labute approximate surface area is 190 Å². The normalized spacial score (nSPS) is 14.5. The standard InChI is InChI=1S/C22H27N7O4/c1-27(22-23-20-18(21(32)24-22)25-26-28(20)2)11-10-17(30)29-12-8-15(9-13-29)19(31)14-4-6-16(33-3)7-5-14/h4-7,15H,8-13H2,1-3H3,(H,23,24,32). The summed E-state index contributed by atoms with van der Waals surface area (Å²) in [6.07, 6.45) is 1.57. The highest BCUT2D eigenvalue weighted by Crippen LogP contribution is 2.23. The van der Waals surface area contributed by atoms with Gasteiger partial charge in [0.05, 0.1) is 7.11 Å². The molecule has 0 spiro atoms. The van der Waals surface area contributed by atoms with Crippen molar-refractivity contribution in [2.24, 2.45) is 13.0 Å². The van der Waals surface area contributed by atoms with Crippen LogP contribution in [0.2, 0.25) is 0 Å². The second-order valence-electron chi connectivity index (χ2n) is 8.19. The minimum Gasteiger partial charge on any atom is -0.497 e. The molecule has 1 N–H and O–H groups in total. The topological polar surface area (TPSA) is 126 Å². The molecule has 4 rings (SSSR count). The Bertz CT molecular complexity index is 1210. The van der Waals surface area contributed by atoms with Crippen LogP contribution in [-0.2, 0) is 11.8 Å². The smallest absolute Gasteiger partial charge is 0.282 e. The second kappa shape index (κ2) is 9.39. The van der Waals surface area contributed by atoms with Gasteiger partial charge in [0.15, 0.2) is 16.9 Å².